The molecule has 0 spiro atoms. The fraction of sp³-hybridized carbons (Fsp3) is 0.824. The minimum atomic E-state index is 0.291. The van der Waals surface area contributed by atoms with Gasteiger partial charge in [-0.2, -0.15) is 0 Å². The second-order valence-electron chi connectivity index (χ2n) is 5.50. The van der Waals surface area contributed by atoms with E-state index in [-0.39, 0.29) is 0 Å². The standard InChI is InChI=1S/C17H32O/c1-6-10-14(5)16(13-17(18)9-4)12-15(8-3)11-7-2/h13-15H,6-12H2,1-5H3/b16-13-. The fourth-order valence-electron chi connectivity index (χ4n) is 2.52. The zero-order valence-electron chi connectivity index (χ0n) is 13.1. The summed E-state index contributed by atoms with van der Waals surface area (Å²) in [5, 5.41) is 0. The van der Waals surface area contributed by atoms with Gasteiger partial charge in [-0.15, -0.1) is 0 Å². The molecule has 2 unspecified atom stereocenters. The summed E-state index contributed by atoms with van der Waals surface area (Å²) in [6.45, 7) is 11.0. The number of allylic oxidation sites excluding steroid dienone is 2. The van der Waals surface area contributed by atoms with E-state index in [4.69, 9.17) is 0 Å². The van der Waals surface area contributed by atoms with Crippen LogP contribution in [0.25, 0.3) is 0 Å². The number of ketones is 1. The minimum absolute atomic E-state index is 0.291. The average Bonchev–Trinajstić information content (AvgIpc) is 2.37. The molecule has 0 aromatic heterocycles. The van der Waals surface area contributed by atoms with Crippen LogP contribution in [-0.2, 0) is 4.79 Å². The monoisotopic (exact) mass is 252 g/mol. The van der Waals surface area contributed by atoms with Gasteiger partial charge in [0.05, 0.1) is 0 Å². The number of hydrogen-bond donors (Lipinski definition) is 0. The predicted molar refractivity (Wildman–Crippen MR) is 80.8 cm³/mol. The molecule has 0 aliphatic rings. The molecule has 0 fully saturated rings. The Kier molecular flexibility index (Phi) is 10.0. The summed E-state index contributed by atoms with van der Waals surface area (Å²) in [7, 11) is 0. The number of carbonyl (C=O) groups is 1. The third-order valence-corrected chi connectivity index (χ3v) is 3.85. The molecule has 0 aliphatic carbocycles. The molecule has 0 aliphatic heterocycles. The van der Waals surface area contributed by atoms with Crippen LogP contribution in [0.1, 0.15) is 79.6 Å². The van der Waals surface area contributed by atoms with Crippen LogP contribution in [0, 0.1) is 11.8 Å². The summed E-state index contributed by atoms with van der Waals surface area (Å²) in [4.78, 5) is 11.7. The van der Waals surface area contributed by atoms with E-state index >= 15 is 0 Å². The smallest absolute Gasteiger partial charge is 0.155 e. The maximum Gasteiger partial charge on any atom is 0.155 e. The van der Waals surface area contributed by atoms with E-state index in [9.17, 15) is 4.79 Å². The Morgan fingerprint density at radius 1 is 1.06 bits per heavy atom. The van der Waals surface area contributed by atoms with Crippen molar-refractivity contribution in [1.82, 2.24) is 0 Å². The molecule has 0 radical (unpaired) electrons. The van der Waals surface area contributed by atoms with E-state index in [1.165, 1.54) is 37.7 Å². The van der Waals surface area contributed by atoms with E-state index in [0.717, 1.165) is 12.3 Å². The van der Waals surface area contributed by atoms with Crippen LogP contribution in [-0.4, -0.2) is 5.78 Å². The molecule has 0 amide bonds. The second-order valence-corrected chi connectivity index (χ2v) is 5.50. The van der Waals surface area contributed by atoms with Gasteiger partial charge in [-0.05, 0) is 30.8 Å². The molecule has 1 heteroatoms. The summed E-state index contributed by atoms with van der Waals surface area (Å²) in [5.41, 5.74) is 1.39. The van der Waals surface area contributed by atoms with E-state index in [2.05, 4.69) is 27.7 Å². The van der Waals surface area contributed by atoms with Gasteiger partial charge in [-0.1, -0.05) is 65.9 Å². The fourth-order valence-corrected chi connectivity index (χ4v) is 2.52. The van der Waals surface area contributed by atoms with Crippen molar-refractivity contribution in [2.24, 2.45) is 11.8 Å². The Morgan fingerprint density at radius 3 is 2.11 bits per heavy atom. The maximum absolute atomic E-state index is 11.7. The quantitative estimate of drug-likeness (QED) is 0.466. The van der Waals surface area contributed by atoms with Crippen LogP contribution in [0.4, 0.5) is 0 Å². The third kappa shape index (κ3) is 6.98. The van der Waals surface area contributed by atoms with Crippen molar-refractivity contribution >= 4 is 5.78 Å². The van der Waals surface area contributed by atoms with Gasteiger partial charge < -0.3 is 0 Å². The summed E-state index contributed by atoms with van der Waals surface area (Å²) in [6.07, 6.45) is 9.85. The van der Waals surface area contributed by atoms with Gasteiger partial charge in [0, 0.05) is 6.42 Å². The Bertz CT molecular complexity index is 252. The maximum atomic E-state index is 11.7. The summed E-state index contributed by atoms with van der Waals surface area (Å²) >= 11 is 0. The lowest BCUT2D eigenvalue weighted by Crippen LogP contribution is -2.08. The third-order valence-electron chi connectivity index (χ3n) is 3.85. The van der Waals surface area contributed by atoms with Crippen LogP contribution >= 0.6 is 0 Å². The molecular weight excluding hydrogens is 220 g/mol. The lowest BCUT2D eigenvalue weighted by Gasteiger charge is -2.21. The largest absolute Gasteiger partial charge is 0.295 e. The minimum Gasteiger partial charge on any atom is -0.295 e. The Balaban J connectivity index is 4.74. The molecule has 0 aromatic carbocycles. The Hall–Kier alpha value is -0.590. The molecule has 18 heavy (non-hydrogen) atoms. The van der Waals surface area contributed by atoms with Crippen LogP contribution < -0.4 is 0 Å². The van der Waals surface area contributed by atoms with Crippen molar-refractivity contribution in [2.75, 3.05) is 0 Å². The van der Waals surface area contributed by atoms with Crippen LogP contribution in [0.15, 0.2) is 11.6 Å². The normalized spacial score (nSPS) is 15.5. The van der Waals surface area contributed by atoms with Gasteiger partial charge in [0.15, 0.2) is 5.78 Å². The molecule has 0 rings (SSSR count). The second kappa shape index (κ2) is 10.3. The highest BCUT2D eigenvalue weighted by Gasteiger charge is 2.14. The van der Waals surface area contributed by atoms with Gasteiger partial charge in [0.2, 0.25) is 0 Å². The Labute approximate surface area is 114 Å². The van der Waals surface area contributed by atoms with Crippen molar-refractivity contribution in [1.29, 1.82) is 0 Å². The van der Waals surface area contributed by atoms with Crippen molar-refractivity contribution < 1.29 is 4.79 Å². The van der Waals surface area contributed by atoms with E-state index in [1.54, 1.807) is 0 Å². The van der Waals surface area contributed by atoms with Gasteiger partial charge in [0.25, 0.3) is 0 Å². The summed E-state index contributed by atoms with van der Waals surface area (Å²) in [5.74, 6) is 1.61. The molecule has 0 saturated carbocycles. The lowest BCUT2D eigenvalue weighted by molar-refractivity contribution is -0.114. The van der Waals surface area contributed by atoms with Crippen LogP contribution in [0.2, 0.25) is 0 Å². The zero-order valence-corrected chi connectivity index (χ0v) is 13.1. The zero-order chi connectivity index (χ0) is 14.0. The van der Waals surface area contributed by atoms with Crippen LogP contribution in [0.3, 0.4) is 0 Å². The number of hydrogen-bond acceptors (Lipinski definition) is 1. The first kappa shape index (κ1) is 17.4. The van der Waals surface area contributed by atoms with Gasteiger partial charge in [0.1, 0.15) is 0 Å². The molecule has 2 atom stereocenters. The molecule has 0 bridgehead atoms. The van der Waals surface area contributed by atoms with Gasteiger partial charge >= 0.3 is 0 Å². The first-order valence-corrected chi connectivity index (χ1v) is 7.82. The SMILES string of the molecule is CCCC(CC)C/C(=C/C(=O)CC)C(C)CCC. The van der Waals surface area contributed by atoms with E-state index in [1.807, 2.05) is 13.0 Å². The van der Waals surface area contributed by atoms with Gasteiger partial charge in [-0.3, -0.25) is 4.79 Å². The average molecular weight is 252 g/mol. The lowest BCUT2D eigenvalue weighted by atomic mass is 9.85. The van der Waals surface area contributed by atoms with E-state index < -0.39 is 0 Å². The molecule has 1 nitrogen and oxygen atoms in total. The molecule has 0 aromatic rings. The molecule has 0 saturated heterocycles. The molecule has 106 valence electrons. The molecular formula is C17H32O. The highest BCUT2D eigenvalue weighted by molar-refractivity contribution is 5.90. The highest BCUT2D eigenvalue weighted by atomic mass is 16.1. The first-order valence-electron chi connectivity index (χ1n) is 7.82. The van der Waals surface area contributed by atoms with Crippen molar-refractivity contribution in [3.05, 3.63) is 11.6 Å². The van der Waals surface area contributed by atoms with Crippen molar-refractivity contribution in [3.8, 4) is 0 Å². The predicted octanol–water partition coefficient (Wildman–Crippen LogP) is 5.54. The van der Waals surface area contributed by atoms with E-state index in [0.29, 0.717) is 18.1 Å². The molecule has 0 N–H and O–H groups in total. The number of rotatable bonds is 10. The molecule has 0 heterocycles. The first-order chi connectivity index (χ1) is 8.58. The Morgan fingerprint density at radius 2 is 1.67 bits per heavy atom. The van der Waals surface area contributed by atoms with Crippen molar-refractivity contribution in [3.63, 3.8) is 0 Å². The summed E-state index contributed by atoms with van der Waals surface area (Å²) < 4.78 is 0. The number of carbonyl (C=O) groups excluding carboxylic acids is 1. The summed E-state index contributed by atoms with van der Waals surface area (Å²) in [6, 6.07) is 0. The highest BCUT2D eigenvalue weighted by Crippen LogP contribution is 2.27. The van der Waals surface area contributed by atoms with Crippen molar-refractivity contribution in [2.45, 2.75) is 79.6 Å². The van der Waals surface area contributed by atoms with Crippen LogP contribution in [0.5, 0.6) is 0 Å². The topological polar surface area (TPSA) is 17.1 Å². The van der Waals surface area contributed by atoms with Gasteiger partial charge in [-0.25, -0.2) is 0 Å².